The van der Waals surface area contributed by atoms with Crippen LogP contribution in [-0.2, 0) is 14.3 Å². The molecule has 15 heavy (non-hydrogen) atoms. The molecule has 0 aliphatic carbocycles. The minimum Gasteiger partial charge on any atom is -0.483 e. The van der Waals surface area contributed by atoms with E-state index in [0.29, 0.717) is 30.9 Å². The van der Waals surface area contributed by atoms with Gasteiger partial charge in [-0.05, 0) is 18.6 Å². The molecule has 4 heteroatoms. The van der Waals surface area contributed by atoms with E-state index in [-0.39, 0.29) is 12.6 Å². The van der Waals surface area contributed by atoms with Gasteiger partial charge < -0.3 is 9.47 Å². The molecule has 0 bridgehead atoms. The van der Waals surface area contributed by atoms with Crippen molar-refractivity contribution in [3.63, 3.8) is 0 Å². The Kier molecular flexibility index (Phi) is 8.67. The molecule has 0 aliphatic heterocycles. The van der Waals surface area contributed by atoms with Gasteiger partial charge in [0, 0.05) is 12.8 Å². The van der Waals surface area contributed by atoms with Crippen LogP contribution in [0.15, 0.2) is 25.3 Å². The van der Waals surface area contributed by atoms with Gasteiger partial charge in [0.05, 0.1) is 0 Å². The molecule has 84 valence electrons. The minimum atomic E-state index is -0.235. The maximum absolute atomic E-state index is 11.0. The molecule has 0 aromatic rings. The molecular weight excluding hydrogens is 212 g/mol. The molecule has 0 rings (SSSR count). The van der Waals surface area contributed by atoms with Gasteiger partial charge in [-0.3, -0.25) is 4.79 Å². The molecule has 0 fully saturated rings. The fraction of sp³-hybridized carbons (Fsp3) is 0.455. The quantitative estimate of drug-likeness (QED) is 0.363. The van der Waals surface area contributed by atoms with Gasteiger partial charge >= 0.3 is 5.97 Å². The second-order valence-corrected chi connectivity index (χ2v) is 3.25. The van der Waals surface area contributed by atoms with Crippen LogP contribution in [0.1, 0.15) is 19.3 Å². The fourth-order valence-corrected chi connectivity index (χ4v) is 1.04. The van der Waals surface area contributed by atoms with Crippen molar-refractivity contribution in [2.75, 3.05) is 13.2 Å². The SMILES string of the molecule is C=CCOC(=O)CCCC(=S)OCC=C. The van der Waals surface area contributed by atoms with Gasteiger partial charge in [-0.15, -0.1) is 0 Å². The third kappa shape index (κ3) is 9.15. The van der Waals surface area contributed by atoms with E-state index in [1.807, 2.05) is 0 Å². The molecule has 0 aromatic carbocycles. The van der Waals surface area contributed by atoms with E-state index in [9.17, 15) is 4.79 Å². The average molecular weight is 228 g/mol. The molecule has 0 unspecified atom stereocenters. The summed E-state index contributed by atoms with van der Waals surface area (Å²) in [5, 5.41) is 0.506. The number of rotatable bonds is 8. The molecule has 3 nitrogen and oxygen atoms in total. The van der Waals surface area contributed by atoms with Gasteiger partial charge in [0.2, 0.25) is 0 Å². The second-order valence-electron chi connectivity index (χ2n) is 2.80. The standard InChI is InChI=1S/C11H16O3S/c1-3-8-13-10(12)6-5-7-11(15)14-9-4-2/h3-4H,1-2,5-9H2. The molecule has 0 amide bonds. The molecule has 0 N–H and O–H groups in total. The summed E-state index contributed by atoms with van der Waals surface area (Å²) in [7, 11) is 0. The monoisotopic (exact) mass is 228 g/mol. The lowest BCUT2D eigenvalue weighted by molar-refractivity contribution is -0.142. The maximum Gasteiger partial charge on any atom is 0.306 e. The zero-order valence-corrected chi connectivity index (χ0v) is 9.55. The Labute approximate surface area is 95.8 Å². The van der Waals surface area contributed by atoms with Crippen molar-refractivity contribution in [1.29, 1.82) is 0 Å². The second kappa shape index (κ2) is 9.40. The molecule has 0 aromatic heterocycles. The van der Waals surface area contributed by atoms with Crippen LogP contribution in [0.25, 0.3) is 0 Å². The average Bonchev–Trinajstić information content (AvgIpc) is 2.23. The molecule has 0 saturated carbocycles. The number of thiocarbonyl (C=S) groups is 1. The highest BCUT2D eigenvalue weighted by molar-refractivity contribution is 7.80. The maximum atomic E-state index is 11.0. The third-order valence-corrected chi connectivity index (χ3v) is 1.81. The van der Waals surface area contributed by atoms with Crippen molar-refractivity contribution < 1.29 is 14.3 Å². The van der Waals surface area contributed by atoms with E-state index in [0.717, 1.165) is 0 Å². The van der Waals surface area contributed by atoms with Crippen LogP contribution in [0.4, 0.5) is 0 Å². The van der Waals surface area contributed by atoms with Crippen LogP contribution in [-0.4, -0.2) is 24.2 Å². The molecule has 0 aliphatic rings. The first-order chi connectivity index (χ1) is 7.20. The third-order valence-electron chi connectivity index (χ3n) is 1.49. The minimum absolute atomic E-state index is 0.235. The van der Waals surface area contributed by atoms with Crippen molar-refractivity contribution >= 4 is 23.2 Å². The van der Waals surface area contributed by atoms with Gasteiger partial charge in [-0.2, -0.15) is 0 Å². The predicted molar refractivity (Wildman–Crippen MR) is 63.8 cm³/mol. The number of carbonyl (C=O) groups is 1. The Morgan fingerprint density at radius 3 is 2.33 bits per heavy atom. The van der Waals surface area contributed by atoms with E-state index in [2.05, 4.69) is 13.2 Å². The fourth-order valence-electron chi connectivity index (χ4n) is 0.825. The lowest BCUT2D eigenvalue weighted by Gasteiger charge is -2.04. The number of ether oxygens (including phenoxy) is 2. The normalized spacial score (nSPS) is 9.07. The van der Waals surface area contributed by atoms with Crippen LogP contribution in [0.2, 0.25) is 0 Å². The summed E-state index contributed by atoms with van der Waals surface area (Å²) >= 11 is 4.92. The van der Waals surface area contributed by atoms with E-state index in [1.54, 1.807) is 6.08 Å². The summed E-state index contributed by atoms with van der Waals surface area (Å²) in [6.45, 7) is 7.63. The Morgan fingerprint density at radius 2 is 1.73 bits per heavy atom. The zero-order valence-electron chi connectivity index (χ0n) is 8.74. The van der Waals surface area contributed by atoms with Crippen LogP contribution in [0, 0.1) is 0 Å². The lowest BCUT2D eigenvalue weighted by atomic mass is 10.2. The first-order valence-electron chi connectivity index (χ1n) is 4.73. The molecule has 0 spiro atoms. The predicted octanol–water partition coefficient (Wildman–Crippen LogP) is 2.42. The highest BCUT2D eigenvalue weighted by atomic mass is 32.1. The number of hydrogen-bond donors (Lipinski definition) is 0. The van der Waals surface area contributed by atoms with E-state index in [1.165, 1.54) is 6.08 Å². The van der Waals surface area contributed by atoms with Gasteiger partial charge in [0.15, 0.2) is 5.05 Å². The Hall–Kier alpha value is -1.16. The van der Waals surface area contributed by atoms with Crippen molar-refractivity contribution in [1.82, 2.24) is 0 Å². The molecule has 0 atom stereocenters. The van der Waals surface area contributed by atoms with E-state index in [4.69, 9.17) is 21.7 Å². The number of hydrogen-bond acceptors (Lipinski definition) is 4. The highest BCUT2D eigenvalue weighted by Crippen LogP contribution is 2.01. The summed E-state index contributed by atoms with van der Waals surface area (Å²) in [6.07, 6.45) is 4.75. The molecular formula is C11H16O3S. The molecule has 0 heterocycles. The Bertz CT molecular complexity index is 212. The van der Waals surface area contributed by atoms with Crippen LogP contribution >= 0.6 is 12.2 Å². The summed E-state index contributed by atoms with van der Waals surface area (Å²) < 4.78 is 9.90. The summed E-state index contributed by atoms with van der Waals surface area (Å²) in [5.41, 5.74) is 0. The van der Waals surface area contributed by atoms with E-state index < -0.39 is 0 Å². The van der Waals surface area contributed by atoms with Gasteiger partial charge in [-0.25, -0.2) is 0 Å². The summed E-state index contributed by atoms with van der Waals surface area (Å²) in [5.74, 6) is -0.235. The largest absolute Gasteiger partial charge is 0.483 e. The highest BCUT2D eigenvalue weighted by Gasteiger charge is 2.03. The van der Waals surface area contributed by atoms with Crippen molar-refractivity contribution in [3.8, 4) is 0 Å². The lowest BCUT2D eigenvalue weighted by Crippen LogP contribution is -2.06. The van der Waals surface area contributed by atoms with Gasteiger partial charge in [0.25, 0.3) is 0 Å². The molecule has 0 radical (unpaired) electrons. The molecule has 0 saturated heterocycles. The first-order valence-corrected chi connectivity index (χ1v) is 5.14. The number of carbonyl (C=O) groups excluding carboxylic acids is 1. The number of esters is 1. The van der Waals surface area contributed by atoms with Crippen LogP contribution < -0.4 is 0 Å². The topological polar surface area (TPSA) is 35.5 Å². The smallest absolute Gasteiger partial charge is 0.306 e. The van der Waals surface area contributed by atoms with Crippen molar-refractivity contribution in [2.24, 2.45) is 0 Å². The van der Waals surface area contributed by atoms with Gasteiger partial charge in [-0.1, -0.05) is 25.3 Å². The summed E-state index contributed by atoms with van der Waals surface area (Å²) in [4.78, 5) is 11.0. The Morgan fingerprint density at radius 1 is 1.13 bits per heavy atom. The van der Waals surface area contributed by atoms with E-state index >= 15 is 0 Å². The zero-order chi connectivity index (χ0) is 11.5. The summed E-state index contributed by atoms with van der Waals surface area (Å²) in [6, 6.07) is 0. The van der Waals surface area contributed by atoms with Crippen molar-refractivity contribution in [2.45, 2.75) is 19.3 Å². The Balaban J connectivity index is 3.43. The van der Waals surface area contributed by atoms with Crippen LogP contribution in [0.3, 0.4) is 0 Å². The van der Waals surface area contributed by atoms with Crippen LogP contribution in [0.5, 0.6) is 0 Å². The van der Waals surface area contributed by atoms with Gasteiger partial charge in [0.1, 0.15) is 13.2 Å². The van der Waals surface area contributed by atoms with Crippen molar-refractivity contribution in [3.05, 3.63) is 25.3 Å². The first kappa shape index (κ1) is 13.8.